The highest BCUT2D eigenvalue weighted by molar-refractivity contribution is 7.19. The van der Waals surface area contributed by atoms with Gasteiger partial charge in [-0.3, -0.25) is 14.9 Å². The minimum atomic E-state index is -0.645. The molecule has 0 fully saturated rings. The molecule has 0 aliphatic heterocycles. The Morgan fingerprint density at radius 1 is 1.31 bits per heavy atom. The lowest BCUT2D eigenvalue weighted by Crippen LogP contribution is -2.13. The zero-order valence-electron chi connectivity index (χ0n) is 14.7. The number of nitro benzene ring substituents is 1. The summed E-state index contributed by atoms with van der Waals surface area (Å²) in [6.07, 6.45) is 1.50. The molecule has 12 heteroatoms. The molecule has 0 radical (unpaired) electrons. The van der Waals surface area contributed by atoms with Crippen LogP contribution in [-0.4, -0.2) is 37.8 Å². The number of methoxy groups -OCH3 is 1. The molecular weight excluding hydrogens is 420 g/mol. The molecular formula is C17H11ClN6O4S. The van der Waals surface area contributed by atoms with Crippen molar-refractivity contribution in [1.29, 1.82) is 0 Å². The van der Waals surface area contributed by atoms with Crippen molar-refractivity contribution in [2.24, 2.45) is 0 Å². The average Bonchev–Trinajstić information content (AvgIpc) is 3.30. The molecule has 0 unspecified atom stereocenters. The van der Waals surface area contributed by atoms with Crippen LogP contribution < -0.4 is 10.1 Å². The second-order valence-corrected chi connectivity index (χ2v) is 7.12. The van der Waals surface area contributed by atoms with Gasteiger partial charge in [0.25, 0.3) is 11.6 Å². The number of hydrogen-bond acceptors (Lipinski definition) is 8. The van der Waals surface area contributed by atoms with Gasteiger partial charge in [0.15, 0.2) is 0 Å². The molecule has 4 rings (SSSR count). The summed E-state index contributed by atoms with van der Waals surface area (Å²) in [4.78, 5) is 23.7. The first-order chi connectivity index (χ1) is 14.0. The maximum Gasteiger partial charge on any atom is 0.288 e. The molecule has 0 bridgehead atoms. The minimum absolute atomic E-state index is 0.0469. The first-order valence-electron chi connectivity index (χ1n) is 8.07. The molecule has 0 atom stereocenters. The quantitative estimate of drug-likeness (QED) is 0.378. The van der Waals surface area contributed by atoms with Gasteiger partial charge in [0.2, 0.25) is 4.96 Å². The van der Waals surface area contributed by atoms with Crippen molar-refractivity contribution in [1.82, 2.24) is 19.8 Å². The fraction of sp³-hybridized carbons (Fsp3) is 0.0588. The van der Waals surface area contributed by atoms with E-state index in [9.17, 15) is 14.9 Å². The van der Waals surface area contributed by atoms with Gasteiger partial charge in [-0.2, -0.15) is 9.61 Å². The monoisotopic (exact) mass is 430 g/mol. The first kappa shape index (κ1) is 18.8. The van der Waals surface area contributed by atoms with Crippen molar-refractivity contribution in [3.8, 4) is 16.3 Å². The maximum atomic E-state index is 12.6. The van der Waals surface area contributed by atoms with Crippen LogP contribution in [0, 0.1) is 10.1 Å². The van der Waals surface area contributed by atoms with Crippen LogP contribution in [0.3, 0.4) is 0 Å². The lowest BCUT2D eigenvalue weighted by Gasteiger charge is -2.11. The Bertz CT molecular complexity index is 1230. The predicted octanol–water partition coefficient (Wildman–Crippen LogP) is 3.68. The largest absolute Gasteiger partial charge is 0.495 e. The number of ether oxygens (including phenoxy) is 1. The summed E-state index contributed by atoms with van der Waals surface area (Å²) in [6, 6.07) is 9.03. The number of halogens is 1. The van der Waals surface area contributed by atoms with Gasteiger partial charge in [-0.25, -0.2) is 0 Å². The van der Waals surface area contributed by atoms with E-state index in [1.54, 1.807) is 22.7 Å². The molecule has 2 heterocycles. The number of aromatic nitrogens is 4. The fourth-order valence-electron chi connectivity index (χ4n) is 2.60. The molecule has 0 saturated carbocycles. The lowest BCUT2D eigenvalue weighted by atomic mass is 10.1. The van der Waals surface area contributed by atoms with E-state index in [4.69, 9.17) is 16.3 Å². The number of anilines is 1. The number of carbonyl (C=O) groups is 1. The third kappa shape index (κ3) is 3.60. The first-order valence-corrected chi connectivity index (χ1v) is 9.26. The maximum absolute atomic E-state index is 12.6. The summed E-state index contributed by atoms with van der Waals surface area (Å²) in [6.45, 7) is 0. The van der Waals surface area contributed by atoms with Crippen molar-refractivity contribution >= 4 is 45.2 Å². The third-order valence-corrected chi connectivity index (χ3v) is 5.27. The summed E-state index contributed by atoms with van der Waals surface area (Å²) in [7, 11) is 1.47. The van der Waals surface area contributed by atoms with Crippen LogP contribution in [0.25, 0.3) is 15.5 Å². The molecule has 0 saturated heterocycles. The van der Waals surface area contributed by atoms with Crippen LogP contribution in [0.5, 0.6) is 5.75 Å². The van der Waals surface area contributed by atoms with Gasteiger partial charge >= 0.3 is 0 Å². The zero-order valence-corrected chi connectivity index (χ0v) is 16.3. The second-order valence-electron chi connectivity index (χ2n) is 5.76. The molecule has 29 heavy (non-hydrogen) atoms. The Balaban J connectivity index is 1.67. The highest BCUT2D eigenvalue weighted by Gasteiger charge is 2.18. The Kier molecular flexibility index (Phi) is 4.82. The Hall–Kier alpha value is -3.57. The number of amides is 1. The fourth-order valence-corrected chi connectivity index (χ4v) is 3.61. The van der Waals surface area contributed by atoms with Gasteiger partial charge in [0.05, 0.1) is 17.7 Å². The summed E-state index contributed by atoms with van der Waals surface area (Å²) in [5.41, 5.74) is 0.865. The van der Waals surface area contributed by atoms with E-state index in [2.05, 4.69) is 20.6 Å². The molecule has 0 aliphatic carbocycles. The zero-order chi connectivity index (χ0) is 20.5. The Morgan fingerprint density at radius 2 is 2.14 bits per heavy atom. The van der Waals surface area contributed by atoms with Crippen molar-refractivity contribution in [2.45, 2.75) is 0 Å². The topological polar surface area (TPSA) is 125 Å². The lowest BCUT2D eigenvalue weighted by molar-refractivity contribution is -0.384. The summed E-state index contributed by atoms with van der Waals surface area (Å²) in [5, 5.41) is 26.5. The smallest absolute Gasteiger partial charge is 0.288 e. The van der Waals surface area contributed by atoms with Gasteiger partial charge in [0, 0.05) is 17.2 Å². The van der Waals surface area contributed by atoms with Crippen LogP contribution in [0.2, 0.25) is 5.02 Å². The van der Waals surface area contributed by atoms with Crippen LogP contribution in [0.4, 0.5) is 11.4 Å². The predicted molar refractivity (Wildman–Crippen MR) is 107 cm³/mol. The number of benzene rings is 2. The van der Waals surface area contributed by atoms with E-state index >= 15 is 0 Å². The molecule has 0 aliphatic rings. The molecule has 4 aromatic rings. The molecule has 2 aromatic carbocycles. The number of nitro groups is 1. The van der Waals surface area contributed by atoms with E-state index in [0.717, 1.165) is 11.6 Å². The van der Waals surface area contributed by atoms with E-state index in [1.165, 1.54) is 36.9 Å². The highest BCUT2D eigenvalue weighted by atomic mass is 35.5. The van der Waals surface area contributed by atoms with E-state index in [-0.39, 0.29) is 16.3 Å². The molecule has 2 aromatic heterocycles. The Labute approximate surface area is 171 Å². The van der Waals surface area contributed by atoms with Gasteiger partial charge in [-0.15, -0.1) is 10.2 Å². The normalized spacial score (nSPS) is 10.8. The van der Waals surface area contributed by atoms with Crippen molar-refractivity contribution in [3.63, 3.8) is 0 Å². The van der Waals surface area contributed by atoms with Gasteiger partial charge < -0.3 is 10.1 Å². The van der Waals surface area contributed by atoms with Gasteiger partial charge in [-0.05, 0) is 30.3 Å². The molecule has 1 amide bonds. The molecule has 0 spiro atoms. The van der Waals surface area contributed by atoms with Crippen molar-refractivity contribution in [2.75, 3.05) is 12.4 Å². The standard InChI is InChI=1S/C17H11ClN6O4S/c1-28-14-5-3-10(16-22-23-8-19-21-17(23)29-16)6-12(14)20-15(25)9-2-4-11(18)13(7-9)24(26)27/h2-8H,1H3,(H,20,25). The van der Waals surface area contributed by atoms with E-state index < -0.39 is 10.8 Å². The number of fused-ring (bicyclic) bond motifs is 1. The summed E-state index contributed by atoms with van der Waals surface area (Å²) in [5.74, 6) is -0.119. The molecule has 1 N–H and O–H groups in total. The second kappa shape index (κ2) is 7.45. The van der Waals surface area contributed by atoms with Crippen molar-refractivity contribution < 1.29 is 14.5 Å². The van der Waals surface area contributed by atoms with Gasteiger partial charge in [0.1, 0.15) is 22.1 Å². The highest BCUT2D eigenvalue weighted by Crippen LogP contribution is 2.33. The SMILES string of the molecule is COc1ccc(-c2nn3cnnc3s2)cc1NC(=O)c1ccc(Cl)c([N+](=O)[O-])c1. The van der Waals surface area contributed by atoms with Crippen LogP contribution >= 0.6 is 22.9 Å². The molecule has 10 nitrogen and oxygen atoms in total. The summed E-state index contributed by atoms with van der Waals surface area (Å²) >= 11 is 7.14. The Morgan fingerprint density at radius 3 is 2.86 bits per heavy atom. The van der Waals surface area contributed by atoms with E-state index in [1.807, 2.05) is 0 Å². The number of hydrogen-bond donors (Lipinski definition) is 1. The van der Waals surface area contributed by atoms with Crippen LogP contribution in [0.15, 0.2) is 42.7 Å². The van der Waals surface area contributed by atoms with Crippen LogP contribution in [-0.2, 0) is 0 Å². The minimum Gasteiger partial charge on any atom is -0.495 e. The number of rotatable bonds is 5. The third-order valence-electron chi connectivity index (χ3n) is 3.99. The average molecular weight is 431 g/mol. The number of nitrogens with zero attached hydrogens (tertiary/aromatic N) is 5. The summed E-state index contributed by atoms with van der Waals surface area (Å²) < 4.78 is 6.86. The molecule has 146 valence electrons. The van der Waals surface area contributed by atoms with Crippen molar-refractivity contribution in [3.05, 3.63) is 63.4 Å². The van der Waals surface area contributed by atoms with Crippen LogP contribution in [0.1, 0.15) is 10.4 Å². The van der Waals surface area contributed by atoms with Gasteiger partial charge in [-0.1, -0.05) is 22.9 Å². The number of nitrogens with one attached hydrogen (secondary N) is 1. The van der Waals surface area contributed by atoms with E-state index in [0.29, 0.717) is 21.4 Å². The number of carbonyl (C=O) groups excluding carboxylic acids is 1.